The molecule has 0 aliphatic rings. The summed E-state index contributed by atoms with van der Waals surface area (Å²) in [4.78, 5) is 4.16. The van der Waals surface area contributed by atoms with Gasteiger partial charge in [0.15, 0.2) is 0 Å². The number of nitrogens with zero attached hydrogens (tertiary/aromatic N) is 1. The predicted octanol–water partition coefficient (Wildman–Crippen LogP) is 2.76. The van der Waals surface area contributed by atoms with Crippen LogP contribution in [0.15, 0.2) is 36.5 Å². The van der Waals surface area contributed by atoms with Crippen LogP contribution in [0.25, 0.3) is 10.9 Å². The van der Waals surface area contributed by atoms with Crippen molar-refractivity contribution < 1.29 is 8.78 Å². The molecule has 1 unspecified atom stereocenters. The summed E-state index contributed by atoms with van der Waals surface area (Å²) in [5, 5.41) is 3.47. The molecule has 2 rings (SSSR count). The van der Waals surface area contributed by atoms with Crippen molar-refractivity contribution >= 4 is 10.9 Å². The molecule has 0 fully saturated rings. The van der Waals surface area contributed by atoms with E-state index in [0.29, 0.717) is 5.56 Å². The van der Waals surface area contributed by atoms with Crippen LogP contribution in [0.3, 0.4) is 0 Å². The number of aromatic nitrogens is 1. The number of alkyl halides is 2. The van der Waals surface area contributed by atoms with Crippen LogP contribution in [0.2, 0.25) is 0 Å². The third-order valence-electron chi connectivity index (χ3n) is 2.53. The number of fused-ring (bicyclic) bond motifs is 1. The highest BCUT2D eigenvalue weighted by Crippen LogP contribution is 2.22. The first-order valence-electron chi connectivity index (χ1n) is 5.02. The number of para-hydroxylation sites is 1. The first-order chi connectivity index (χ1) is 7.72. The Bertz CT molecular complexity index is 485. The van der Waals surface area contributed by atoms with Crippen LogP contribution in [-0.4, -0.2) is 18.5 Å². The van der Waals surface area contributed by atoms with E-state index in [1.165, 1.54) is 13.2 Å². The van der Waals surface area contributed by atoms with Crippen LogP contribution >= 0.6 is 0 Å². The molecule has 0 radical (unpaired) electrons. The molecular formula is C12H12F2N2. The summed E-state index contributed by atoms with van der Waals surface area (Å²) in [6, 6.07) is 8.25. The average molecular weight is 222 g/mol. The van der Waals surface area contributed by atoms with Gasteiger partial charge in [0, 0.05) is 11.6 Å². The Morgan fingerprint density at radius 2 is 2.00 bits per heavy atom. The van der Waals surface area contributed by atoms with E-state index in [0.717, 1.165) is 10.9 Å². The van der Waals surface area contributed by atoms with E-state index >= 15 is 0 Å². The molecule has 1 aromatic heterocycles. The molecular weight excluding hydrogens is 210 g/mol. The number of hydrogen-bond acceptors (Lipinski definition) is 2. The summed E-state index contributed by atoms with van der Waals surface area (Å²) >= 11 is 0. The van der Waals surface area contributed by atoms with Crippen LogP contribution in [0.1, 0.15) is 11.6 Å². The fraction of sp³-hybridized carbons (Fsp3) is 0.250. The molecule has 2 aromatic rings. The maximum absolute atomic E-state index is 12.7. The van der Waals surface area contributed by atoms with Crippen LogP contribution in [0.4, 0.5) is 8.78 Å². The summed E-state index contributed by atoms with van der Waals surface area (Å²) in [6.07, 6.45) is -0.941. The number of hydrogen-bond donors (Lipinski definition) is 1. The minimum absolute atomic E-state index is 0.510. The zero-order valence-electron chi connectivity index (χ0n) is 8.82. The quantitative estimate of drug-likeness (QED) is 0.863. The fourth-order valence-electron chi connectivity index (χ4n) is 1.70. The molecule has 0 bridgehead atoms. The van der Waals surface area contributed by atoms with Crippen LogP contribution in [0.5, 0.6) is 0 Å². The van der Waals surface area contributed by atoms with Crippen LogP contribution < -0.4 is 5.32 Å². The van der Waals surface area contributed by atoms with Crippen molar-refractivity contribution in [2.75, 3.05) is 7.05 Å². The monoisotopic (exact) mass is 222 g/mol. The molecule has 4 heteroatoms. The maximum atomic E-state index is 12.7. The van der Waals surface area contributed by atoms with Gasteiger partial charge in [-0.2, -0.15) is 0 Å². The molecule has 0 aliphatic carbocycles. The Labute approximate surface area is 92.3 Å². The van der Waals surface area contributed by atoms with Crippen molar-refractivity contribution in [3.8, 4) is 0 Å². The van der Waals surface area contributed by atoms with Gasteiger partial charge in [-0.25, -0.2) is 8.78 Å². The highest BCUT2D eigenvalue weighted by Gasteiger charge is 2.20. The third kappa shape index (κ3) is 2.02. The van der Waals surface area contributed by atoms with Crippen LogP contribution in [-0.2, 0) is 0 Å². The van der Waals surface area contributed by atoms with Crippen molar-refractivity contribution in [3.05, 3.63) is 42.1 Å². The molecule has 2 nitrogen and oxygen atoms in total. The second-order valence-electron chi connectivity index (χ2n) is 3.56. The lowest BCUT2D eigenvalue weighted by atomic mass is 10.1. The van der Waals surface area contributed by atoms with Crippen molar-refractivity contribution in [1.82, 2.24) is 10.3 Å². The van der Waals surface area contributed by atoms with Crippen molar-refractivity contribution in [3.63, 3.8) is 0 Å². The van der Waals surface area contributed by atoms with Crippen molar-refractivity contribution in [2.45, 2.75) is 12.5 Å². The maximum Gasteiger partial charge on any atom is 0.257 e. The van der Waals surface area contributed by atoms with E-state index in [4.69, 9.17) is 0 Å². The van der Waals surface area contributed by atoms with E-state index in [1.54, 1.807) is 6.07 Å². The predicted molar refractivity (Wildman–Crippen MR) is 59.5 cm³/mol. The van der Waals surface area contributed by atoms with E-state index in [-0.39, 0.29) is 0 Å². The summed E-state index contributed by atoms with van der Waals surface area (Å²) in [6.45, 7) is 0. The van der Waals surface area contributed by atoms with Crippen molar-refractivity contribution in [2.24, 2.45) is 0 Å². The van der Waals surface area contributed by atoms with Gasteiger partial charge < -0.3 is 5.32 Å². The van der Waals surface area contributed by atoms with Gasteiger partial charge in [-0.15, -0.1) is 0 Å². The smallest absolute Gasteiger partial charge is 0.257 e. The lowest BCUT2D eigenvalue weighted by Crippen LogP contribution is -2.23. The van der Waals surface area contributed by atoms with Crippen LogP contribution in [0, 0.1) is 0 Å². The van der Waals surface area contributed by atoms with Crippen molar-refractivity contribution in [1.29, 1.82) is 0 Å². The van der Waals surface area contributed by atoms with Gasteiger partial charge in [0.2, 0.25) is 0 Å². The first-order valence-corrected chi connectivity index (χ1v) is 5.02. The third-order valence-corrected chi connectivity index (χ3v) is 2.53. The second-order valence-corrected chi connectivity index (χ2v) is 3.56. The highest BCUT2D eigenvalue weighted by molar-refractivity contribution is 5.78. The van der Waals surface area contributed by atoms with E-state index in [1.807, 2.05) is 24.3 Å². The summed E-state index contributed by atoms with van der Waals surface area (Å²) in [7, 11) is 1.52. The molecule has 0 amide bonds. The molecule has 0 saturated heterocycles. The molecule has 16 heavy (non-hydrogen) atoms. The van der Waals surface area contributed by atoms with E-state index in [2.05, 4.69) is 10.3 Å². The van der Waals surface area contributed by atoms with Gasteiger partial charge in [0.25, 0.3) is 6.43 Å². The Balaban J connectivity index is 2.45. The molecule has 1 N–H and O–H groups in total. The minimum atomic E-state index is -2.44. The zero-order chi connectivity index (χ0) is 11.5. The fourth-order valence-corrected chi connectivity index (χ4v) is 1.70. The molecule has 0 aliphatic heterocycles. The SMILES string of the molecule is CNC(c1cnc2ccccc2c1)C(F)F. The molecule has 84 valence electrons. The number of nitrogens with one attached hydrogen (secondary N) is 1. The van der Waals surface area contributed by atoms with Gasteiger partial charge in [-0.05, 0) is 24.7 Å². The van der Waals surface area contributed by atoms with Gasteiger partial charge >= 0.3 is 0 Å². The van der Waals surface area contributed by atoms with Gasteiger partial charge in [0.05, 0.1) is 11.6 Å². The molecule has 0 saturated carbocycles. The van der Waals surface area contributed by atoms with Gasteiger partial charge in [-0.3, -0.25) is 4.98 Å². The Morgan fingerprint density at radius 1 is 1.25 bits per heavy atom. The number of benzene rings is 1. The standard InChI is InChI=1S/C12H12F2N2/c1-15-11(12(13)14)9-6-8-4-2-3-5-10(8)16-7-9/h2-7,11-12,15H,1H3. The minimum Gasteiger partial charge on any atom is -0.308 e. The Hall–Kier alpha value is -1.55. The lowest BCUT2D eigenvalue weighted by molar-refractivity contribution is 0.102. The highest BCUT2D eigenvalue weighted by atomic mass is 19.3. The Kier molecular flexibility index (Phi) is 3.10. The average Bonchev–Trinajstić information content (AvgIpc) is 2.29. The largest absolute Gasteiger partial charge is 0.308 e. The lowest BCUT2D eigenvalue weighted by Gasteiger charge is -2.15. The van der Waals surface area contributed by atoms with Gasteiger partial charge in [0.1, 0.15) is 0 Å². The summed E-state index contributed by atoms with van der Waals surface area (Å²) in [5.41, 5.74) is 1.33. The molecule has 1 heterocycles. The normalized spacial score (nSPS) is 13.2. The van der Waals surface area contributed by atoms with E-state index in [9.17, 15) is 8.78 Å². The first kappa shape index (κ1) is 11.0. The van der Waals surface area contributed by atoms with E-state index < -0.39 is 12.5 Å². The molecule has 1 aromatic carbocycles. The second kappa shape index (κ2) is 4.53. The number of halogens is 2. The van der Waals surface area contributed by atoms with Gasteiger partial charge in [-0.1, -0.05) is 18.2 Å². The number of rotatable bonds is 3. The molecule has 1 atom stereocenters. The summed E-state index contributed by atoms with van der Waals surface area (Å²) in [5.74, 6) is 0. The number of pyridine rings is 1. The summed E-state index contributed by atoms with van der Waals surface area (Å²) < 4.78 is 25.4. The Morgan fingerprint density at radius 3 is 2.69 bits per heavy atom. The topological polar surface area (TPSA) is 24.9 Å². The zero-order valence-corrected chi connectivity index (χ0v) is 8.82. The molecule has 0 spiro atoms.